The Kier molecular flexibility index (Phi) is 9.39. The lowest BCUT2D eigenvalue weighted by molar-refractivity contribution is -0.111. The number of methoxy groups -OCH3 is 1. The molecule has 210 valence electrons. The highest BCUT2D eigenvalue weighted by molar-refractivity contribution is 6.02. The quantitative estimate of drug-likeness (QED) is 0.223. The number of fused-ring (bicyclic) bond motifs is 1. The summed E-state index contributed by atoms with van der Waals surface area (Å²) in [5, 5.41) is 7.50. The van der Waals surface area contributed by atoms with Crippen LogP contribution in [0.2, 0.25) is 0 Å². The molecule has 0 unspecified atom stereocenters. The molecule has 0 aliphatic heterocycles. The van der Waals surface area contributed by atoms with E-state index in [4.69, 9.17) is 9.72 Å². The fourth-order valence-electron chi connectivity index (χ4n) is 4.49. The fourth-order valence-corrected chi connectivity index (χ4v) is 4.49. The zero-order valence-corrected chi connectivity index (χ0v) is 24.2. The Morgan fingerprint density at radius 3 is 2.65 bits per heavy atom. The number of unbranched alkanes of at least 4 members (excludes halogenated alkanes) is 1. The third kappa shape index (κ3) is 6.79. The van der Waals surface area contributed by atoms with Crippen molar-refractivity contribution < 1.29 is 9.53 Å². The number of amides is 1. The van der Waals surface area contributed by atoms with Crippen LogP contribution in [0.4, 0.5) is 23.0 Å². The lowest BCUT2D eigenvalue weighted by Gasteiger charge is -2.26. The zero-order valence-electron chi connectivity index (χ0n) is 24.2. The normalized spacial score (nSPS) is 11.4. The summed E-state index contributed by atoms with van der Waals surface area (Å²) in [7, 11) is 9.74. The van der Waals surface area contributed by atoms with E-state index in [0.717, 1.165) is 53.8 Å². The van der Waals surface area contributed by atoms with Crippen LogP contribution in [0.1, 0.15) is 19.8 Å². The molecule has 0 atom stereocenters. The smallest absolute Gasteiger partial charge is 0.248 e. The molecule has 0 fully saturated rings. The van der Waals surface area contributed by atoms with Gasteiger partial charge in [-0.1, -0.05) is 37.6 Å². The summed E-state index contributed by atoms with van der Waals surface area (Å²) in [4.78, 5) is 26.3. The number of nitrogens with zero attached hydrogens (tertiary/aromatic N) is 5. The first-order chi connectivity index (χ1) is 19.3. The predicted molar refractivity (Wildman–Crippen MR) is 165 cm³/mol. The molecule has 4 rings (SSSR count). The summed E-state index contributed by atoms with van der Waals surface area (Å²) in [5.41, 5.74) is 5.14. The summed E-state index contributed by atoms with van der Waals surface area (Å²) in [6.45, 7) is 3.71. The molecule has 0 aliphatic carbocycles. The first-order valence-corrected chi connectivity index (χ1v) is 13.5. The van der Waals surface area contributed by atoms with Gasteiger partial charge in [0.2, 0.25) is 11.9 Å². The topological polar surface area (TPSA) is 87.5 Å². The first-order valence-electron chi connectivity index (χ1n) is 13.5. The van der Waals surface area contributed by atoms with Crippen LogP contribution in [-0.2, 0) is 11.8 Å². The molecule has 0 saturated heterocycles. The highest BCUT2D eigenvalue weighted by Crippen LogP contribution is 2.38. The second-order valence-corrected chi connectivity index (χ2v) is 10.0. The maximum absolute atomic E-state index is 12.8. The number of nitrogens with one attached hydrogen (secondary N) is 2. The average Bonchev–Trinajstić information content (AvgIpc) is 3.28. The maximum atomic E-state index is 12.8. The monoisotopic (exact) mass is 541 g/mol. The second-order valence-electron chi connectivity index (χ2n) is 10.0. The number of benzene rings is 2. The van der Waals surface area contributed by atoms with Gasteiger partial charge >= 0.3 is 0 Å². The number of carbonyl (C=O) groups excluding carboxylic acids is 1. The largest absolute Gasteiger partial charge is 0.494 e. The molecule has 9 nitrogen and oxygen atoms in total. The molecule has 0 aliphatic rings. The minimum atomic E-state index is -0.180. The number of anilines is 4. The van der Waals surface area contributed by atoms with E-state index in [1.54, 1.807) is 19.4 Å². The van der Waals surface area contributed by atoms with Gasteiger partial charge in [0.1, 0.15) is 5.75 Å². The molecule has 9 heteroatoms. The Bertz CT molecular complexity index is 1490. The summed E-state index contributed by atoms with van der Waals surface area (Å²) < 4.78 is 7.86. The number of hydrogen-bond acceptors (Lipinski definition) is 7. The van der Waals surface area contributed by atoms with Crippen LogP contribution >= 0.6 is 0 Å². The molecule has 2 N–H and O–H groups in total. The Balaban J connectivity index is 1.69. The van der Waals surface area contributed by atoms with Gasteiger partial charge in [0.05, 0.1) is 29.9 Å². The van der Waals surface area contributed by atoms with Crippen molar-refractivity contribution in [3.8, 4) is 17.0 Å². The fraction of sp³-hybridized carbons (Fsp3) is 0.323. The van der Waals surface area contributed by atoms with Crippen molar-refractivity contribution in [3.05, 3.63) is 67.0 Å². The van der Waals surface area contributed by atoms with E-state index in [9.17, 15) is 4.79 Å². The van der Waals surface area contributed by atoms with Crippen LogP contribution in [0, 0.1) is 0 Å². The molecule has 0 radical (unpaired) electrons. The van der Waals surface area contributed by atoms with Crippen molar-refractivity contribution in [2.24, 2.45) is 7.05 Å². The number of rotatable bonds is 12. The van der Waals surface area contributed by atoms with Gasteiger partial charge in [0, 0.05) is 62.1 Å². The third-order valence-corrected chi connectivity index (χ3v) is 6.67. The number of likely N-dealkylation sites (N-methyl/N-ethyl adjacent to an activating group) is 2. The number of ether oxygens (including phenoxy) is 1. The van der Waals surface area contributed by atoms with Crippen molar-refractivity contribution in [1.82, 2.24) is 19.4 Å². The van der Waals surface area contributed by atoms with E-state index in [1.807, 2.05) is 64.6 Å². The molecular weight excluding hydrogens is 502 g/mol. The van der Waals surface area contributed by atoms with Crippen molar-refractivity contribution in [3.63, 3.8) is 0 Å². The molecule has 0 saturated carbocycles. The Morgan fingerprint density at radius 1 is 1.10 bits per heavy atom. The molecule has 2 aromatic carbocycles. The van der Waals surface area contributed by atoms with E-state index in [0.29, 0.717) is 23.1 Å². The minimum Gasteiger partial charge on any atom is -0.494 e. The Morgan fingerprint density at radius 2 is 1.90 bits per heavy atom. The Labute approximate surface area is 236 Å². The molecule has 0 spiro atoms. The average molecular weight is 542 g/mol. The number of aromatic nitrogens is 3. The van der Waals surface area contributed by atoms with Crippen LogP contribution in [-0.4, -0.2) is 66.7 Å². The summed E-state index contributed by atoms with van der Waals surface area (Å²) >= 11 is 0. The molecular formula is C31H39N7O2. The lowest BCUT2D eigenvalue weighted by atomic mass is 10.1. The molecule has 40 heavy (non-hydrogen) atoms. The van der Waals surface area contributed by atoms with Gasteiger partial charge in [-0.05, 0) is 44.8 Å². The van der Waals surface area contributed by atoms with Gasteiger partial charge in [-0.2, -0.15) is 0 Å². The number of carbonyl (C=O) groups is 1. The lowest BCUT2D eigenvalue weighted by Crippen LogP contribution is -2.29. The van der Waals surface area contributed by atoms with Crippen molar-refractivity contribution >= 4 is 39.8 Å². The molecule has 0 bridgehead atoms. The van der Waals surface area contributed by atoms with E-state index < -0.39 is 0 Å². The number of para-hydroxylation sites is 1. The zero-order chi connectivity index (χ0) is 28.6. The second kappa shape index (κ2) is 13.1. The van der Waals surface area contributed by atoms with E-state index >= 15 is 0 Å². The molecule has 4 aromatic rings. The highest BCUT2D eigenvalue weighted by Gasteiger charge is 2.17. The summed E-state index contributed by atoms with van der Waals surface area (Å²) in [6, 6.07) is 14.0. The van der Waals surface area contributed by atoms with Gasteiger partial charge in [-0.3, -0.25) is 4.79 Å². The number of hydrogen-bond donors (Lipinski definition) is 2. The SMILES string of the molecule is CCC/C=C\C(=O)Nc1cc(Nc2nccc(-c3cn(C)c4ccccc34)n2)c(OC)cc1N(C)CCN(C)C. The van der Waals surface area contributed by atoms with Gasteiger partial charge in [0.15, 0.2) is 0 Å². The third-order valence-electron chi connectivity index (χ3n) is 6.67. The van der Waals surface area contributed by atoms with Gasteiger partial charge < -0.3 is 29.7 Å². The maximum Gasteiger partial charge on any atom is 0.248 e. The number of aryl methyl sites for hydroxylation is 1. The summed E-state index contributed by atoms with van der Waals surface area (Å²) in [5.74, 6) is 0.865. The van der Waals surface area contributed by atoms with E-state index in [-0.39, 0.29) is 5.91 Å². The van der Waals surface area contributed by atoms with E-state index in [1.165, 1.54) is 0 Å². The van der Waals surface area contributed by atoms with Gasteiger partial charge in [-0.15, -0.1) is 0 Å². The Hall–Kier alpha value is -4.37. The molecule has 2 aromatic heterocycles. The van der Waals surface area contributed by atoms with Crippen LogP contribution < -0.4 is 20.3 Å². The first kappa shape index (κ1) is 28.6. The van der Waals surface area contributed by atoms with Crippen LogP contribution in [0.5, 0.6) is 5.75 Å². The standard InChI is InChI=1S/C31H39N7O2/c1-7-8-9-14-30(39)33-25-19-26(29(40-6)20-28(25)37(4)18-17-36(2)3)35-31-32-16-15-24(34-31)23-21-38(5)27-13-11-10-12-22(23)27/h9-16,19-21H,7-8,17-18H2,1-6H3,(H,33,39)(H,32,34,35)/b14-9-. The molecule has 1 amide bonds. The van der Waals surface area contributed by atoms with Crippen molar-refractivity contribution in [2.45, 2.75) is 19.8 Å². The van der Waals surface area contributed by atoms with Crippen molar-refractivity contribution in [1.29, 1.82) is 0 Å². The minimum absolute atomic E-state index is 0.180. The van der Waals surface area contributed by atoms with Crippen molar-refractivity contribution in [2.75, 3.05) is 56.9 Å². The van der Waals surface area contributed by atoms with Gasteiger partial charge in [-0.25, -0.2) is 9.97 Å². The predicted octanol–water partition coefficient (Wildman–Crippen LogP) is 5.68. The number of allylic oxidation sites excluding steroid dienone is 1. The van der Waals surface area contributed by atoms with Crippen LogP contribution in [0.3, 0.4) is 0 Å². The summed E-state index contributed by atoms with van der Waals surface area (Å²) in [6.07, 6.45) is 9.12. The van der Waals surface area contributed by atoms with Crippen LogP contribution in [0.15, 0.2) is 67.0 Å². The van der Waals surface area contributed by atoms with Crippen LogP contribution in [0.25, 0.3) is 22.2 Å². The molecule has 2 heterocycles. The van der Waals surface area contributed by atoms with Gasteiger partial charge in [0.25, 0.3) is 0 Å². The van der Waals surface area contributed by atoms with E-state index in [2.05, 4.69) is 55.2 Å². The highest BCUT2D eigenvalue weighted by atomic mass is 16.5.